The van der Waals surface area contributed by atoms with Gasteiger partial charge in [-0.1, -0.05) is 45.4 Å². The zero-order valence-electron chi connectivity index (χ0n) is 12.9. The molecular weight excluding hydrogens is 268 g/mol. The van der Waals surface area contributed by atoms with Gasteiger partial charge in [-0.25, -0.2) is 4.79 Å². The molecule has 0 saturated carbocycles. The fraction of sp³-hybridized carbons (Fsp3) is 0.500. The van der Waals surface area contributed by atoms with Crippen molar-refractivity contribution < 1.29 is 14.7 Å². The minimum Gasteiger partial charge on any atom is -0.481 e. The van der Waals surface area contributed by atoms with Gasteiger partial charge in [0, 0.05) is 12.2 Å². The van der Waals surface area contributed by atoms with Gasteiger partial charge in [-0.05, 0) is 23.5 Å². The number of carboxylic acids is 1. The Labute approximate surface area is 125 Å². The Hall–Kier alpha value is -2.04. The molecule has 0 aliphatic rings. The van der Waals surface area contributed by atoms with Crippen LogP contribution in [0.25, 0.3) is 0 Å². The average molecular weight is 292 g/mol. The number of aliphatic carboxylic acids is 1. The summed E-state index contributed by atoms with van der Waals surface area (Å²) in [7, 11) is 0. The standard InChI is InChI=1S/C16H24N2O3/c1-4-6-12-7-5-8-13(11(2)3)15(12)18-16(21)17-10-9-14(19)20/h5,7-8,11H,4,6,9-10H2,1-3H3,(H,19,20)(H2,17,18,21). The first-order valence-corrected chi connectivity index (χ1v) is 7.34. The number of anilines is 1. The molecule has 3 N–H and O–H groups in total. The predicted molar refractivity (Wildman–Crippen MR) is 83.8 cm³/mol. The van der Waals surface area contributed by atoms with Gasteiger partial charge in [0.1, 0.15) is 0 Å². The number of urea groups is 1. The van der Waals surface area contributed by atoms with Crippen molar-refractivity contribution in [2.45, 2.75) is 46.0 Å². The zero-order chi connectivity index (χ0) is 15.8. The second-order valence-electron chi connectivity index (χ2n) is 5.31. The van der Waals surface area contributed by atoms with Gasteiger partial charge in [0.15, 0.2) is 0 Å². The molecule has 0 atom stereocenters. The van der Waals surface area contributed by atoms with Crippen molar-refractivity contribution >= 4 is 17.7 Å². The minimum absolute atomic E-state index is 0.0823. The van der Waals surface area contributed by atoms with Gasteiger partial charge < -0.3 is 15.7 Å². The van der Waals surface area contributed by atoms with Crippen LogP contribution in [-0.4, -0.2) is 23.7 Å². The lowest BCUT2D eigenvalue weighted by Crippen LogP contribution is -2.31. The van der Waals surface area contributed by atoms with Gasteiger partial charge in [0.25, 0.3) is 0 Å². The Morgan fingerprint density at radius 3 is 2.57 bits per heavy atom. The van der Waals surface area contributed by atoms with Crippen LogP contribution in [0.2, 0.25) is 0 Å². The quantitative estimate of drug-likeness (QED) is 0.721. The summed E-state index contributed by atoms with van der Waals surface area (Å²) in [5, 5.41) is 14.0. The van der Waals surface area contributed by atoms with Gasteiger partial charge in [-0.2, -0.15) is 0 Å². The minimum atomic E-state index is -0.926. The zero-order valence-corrected chi connectivity index (χ0v) is 12.9. The number of hydrogen-bond donors (Lipinski definition) is 3. The van der Waals surface area contributed by atoms with E-state index in [1.807, 2.05) is 18.2 Å². The van der Waals surface area contributed by atoms with Crippen LogP contribution in [0.3, 0.4) is 0 Å². The summed E-state index contributed by atoms with van der Waals surface area (Å²) in [5.74, 6) is -0.624. The molecule has 2 amide bonds. The Balaban J connectivity index is 2.83. The third kappa shape index (κ3) is 5.45. The monoisotopic (exact) mass is 292 g/mol. The number of aryl methyl sites for hydroxylation is 1. The second-order valence-corrected chi connectivity index (χ2v) is 5.31. The summed E-state index contributed by atoms with van der Waals surface area (Å²) < 4.78 is 0. The van der Waals surface area contributed by atoms with E-state index in [2.05, 4.69) is 31.4 Å². The number of benzene rings is 1. The molecule has 1 aromatic carbocycles. The summed E-state index contributed by atoms with van der Waals surface area (Å²) >= 11 is 0. The Morgan fingerprint density at radius 1 is 1.29 bits per heavy atom. The van der Waals surface area contributed by atoms with E-state index in [-0.39, 0.29) is 19.0 Å². The summed E-state index contributed by atoms with van der Waals surface area (Å²) in [6.45, 7) is 6.38. The van der Waals surface area contributed by atoms with Crippen LogP contribution in [0.1, 0.15) is 50.7 Å². The molecule has 0 spiro atoms. The second kappa shape index (κ2) is 8.29. The number of carbonyl (C=O) groups is 2. The lowest BCUT2D eigenvalue weighted by atomic mass is 9.96. The first-order chi connectivity index (χ1) is 9.95. The number of para-hydroxylation sites is 1. The molecule has 0 heterocycles. The summed E-state index contributed by atoms with van der Waals surface area (Å²) in [6.07, 6.45) is 1.81. The molecular formula is C16H24N2O3. The van der Waals surface area contributed by atoms with Gasteiger partial charge in [-0.15, -0.1) is 0 Å². The maximum atomic E-state index is 11.9. The molecule has 5 heteroatoms. The molecule has 0 radical (unpaired) electrons. The highest BCUT2D eigenvalue weighted by Crippen LogP contribution is 2.28. The SMILES string of the molecule is CCCc1cccc(C(C)C)c1NC(=O)NCCC(=O)O. The van der Waals surface area contributed by atoms with E-state index in [0.717, 1.165) is 29.7 Å². The molecule has 0 aromatic heterocycles. The van der Waals surface area contributed by atoms with E-state index in [1.165, 1.54) is 0 Å². The van der Waals surface area contributed by atoms with Crippen LogP contribution in [0.15, 0.2) is 18.2 Å². The van der Waals surface area contributed by atoms with Gasteiger partial charge in [0.05, 0.1) is 6.42 Å². The lowest BCUT2D eigenvalue weighted by Gasteiger charge is -2.18. The highest BCUT2D eigenvalue weighted by molar-refractivity contribution is 5.91. The molecule has 5 nitrogen and oxygen atoms in total. The van der Waals surface area contributed by atoms with E-state index in [4.69, 9.17) is 5.11 Å². The molecule has 1 rings (SSSR count). The number of carbonyl (C=O) groups excluding carboxylic acids is 1. The van der Waals surface area contributed by atoms with E-state index >= 15 is 0 Å². The molecule has 0 fully saturated rings. The predicted octanol–water partition coefficient (Wildman–Crippen LogP) is 3.36. The smallest absolute Gasteiger partial charge is 0.319 e. The molecule has 1 aromatic rings. The fourth-order valence-electron chi connectivity index (χ4n) is 2.17. The van der Waals surface area contributed by atoms with Crippen molar-refractivity contribution in [3.05, 3.63) is 29.3 Å². The van der Waals surface area contributed by atoms with Crippen molar-refractivity contribution in [1.29, 1.82) is 0 Å². The van der Waals surface area contributed by atoms with Crippen LogP contribution in [0.4, 0.5) is 10.5 Å². The first kappa shape index (κ1) is 17.0. The summed E-state index contributed by atoms with van der Waals surface area (Å²) in [6, 6.07) is 5.67. The number of nitrogens with one attached hydrogen (secondary N) is 2. The molecule has 0 aliphatic carbocycles. The topological polar surface area (TPSA) is 78.4 Å². The normalized spacial score (nSPS) is 10.5. The van der Waals surface area contributed by atoms with Crippen LogP contribution in [-0.2, 0) is 11.2 Å². The largest absolute Gasteiger partial charge is 0.481 e. The van der Waals surface area contributed by atoms with E-state index in [9.17, 15) is 9.59 Å². The van der Waals surface area contributed by atoms with Crippen LogP contribution < -0.4 is 10.6 Å². The third-order valence-corrected chi connectivity index (χ3v) is 3.19. The van der Waals surface area contributed by atoms with Crippen LogP contribution >= 0.6 is 0 Å². The molecule has 21 heavy (non-hydrogen) atoms. The maximum Gasteiger partial charge on any atom is 0.319 e. The fourth-order valence-corrected chi connectivity index (χ4v) is 2.17. The highest BCUT2D eigenvalue weighted by Gasteiger charge is 2.13. The van der Waals surface area contributed by atoms with E-state index < -0.39 is 5.97 Å². The van der Waals surface area contributed by atoms with Crippen molar-refractivity contribution in [3.8, 4) is 0 Å². The molecule has 0 bridgehead atoms. The van der Waals surface area contributed by atoms with E-state index in [1.54, 1.807) is 0 Å². The van der Waals surface area contributed by atoms with Crippen molar-refractivity contribution in [2.75, 3.05) is 11.9 Å². The van der Waals surface area contributed by atoms with Gasteiger partial charge in [-0.3, -0.25) is 4.79 Å². The first-order valence-electron chi connectivity index (χ1n) is 7.34. The van der Waals surface area contributed by atoms with Crippen LogP contribution in [0.5, 0.6) is 0 Å². The Bertz CT molecular complexity index is 498. The van der Waals surface area contributed by atoms with E-state index in [0.29, 0.717) is 5.92 Å². The van der Waals surface area contributed by atoms with Crippen molar-refractivity contribution in [3.63, 3.8) is 0 Å². The molecule has 0 saturated heterocycles. The average Bonchev–Trinajstić information content (AvgIpc) is 2.40. The highest BCUT2D eigenvalue weighted by atomic mass is 16.4. The van der Waals surface area contributed by atoms with Crippen LogP contribution in [0, 0.1) is 0 Å². The van der Waals surface area contributed by atoms with Crippen molar-refractivity contribution in [2.24, 2.45) is 0 Å². The number of amides is 2. The Morgan fingerprint density at radius 2 is 2.00 bits per heavy atom. The maximum absolute atomic E-state index is 11.9. The van der Waals surface area contributed by atoms with Gasteiger partial charge in [0.2, 0.25) is 0 Å². The number of carboxylic acid groups (broad SMARTS) is 1. The molecule has 116 valence electrons. The number of hydrogen-bond acceptors (Lipinski definition) is 2. The molecule has 0 aliphatic heterocycles. The third-order valence-electron chi connectivity index (χ3n) is 3.19. The number of rotatable bonds is 7. The summed E-state index contributed by atoms with van der Waals surface area (Å²) in [4.78, 5) is 22.4. The van der Waals surface area contributed by atoms with Gasteiger partial charge >= 0.3 is 12.0 Å². The van der Waals surface area contributed by atoms with Crippen molar-refractivity contribution in [1.82, 2.24) is 5.32 Å². The lowest BCUT2D eigenvalue weighted by molar-refractivity contribution is -0.136. The Kier molecular flexibility index (Phi) is 6.72. The molecule has 0 unspecified atom stereocenters. The summed E-state index contributed by atoms with van der Waals surface area (Å²) in [5.41, 5.74) is 3.05.